The van der Waals surface area contributed by atoms with Gasteiger partial charge in [-0.2, -0.15) is 0 Å². The van der Waals surface area contributed by atoms with E-state index in [9.17, 15) is 26.8 Å². The van der Waals surface area contributed by atoms with Crippen molar-refractivity contribution in [1.29, 1.82) is 0 Å². The molecule has 2 aromatic carbocycles. The number of hydrogen-bond donors (Lipinski definition) is 2. The average molecular weight is 583 g/mol. The van der Waals surface area contributed by atoms with Gasteiger partial charge in [-0.3, -0.25) is 14.3 Å². The second-order valence-electron chi connectivity index (χ2n) is 9.33. The van der Waals surface area contributed by atoms with Gasteiger partial charge in [0.2, 0.25) is 11.8 Å². The average Bonchev–Trinajstić information content (AvgIpc) is 2.93. The number of likely N-dealkylation sites (N-methyl/N-ethyl adjacent to an activating group) is 1. The van der Waals surface area contributed by atoms with E-state index in [0.29, 0.717) is 41.2 Å². The molecule has 41 heavy (non-hydrogen) atoms. The number of amides is 2. The summed E-state index contributed by atoms with van der Waals surface area (Å²) in [5.74, 6) is -2.83. The number of hydrogen-bond acceptors (Lipinski definition) is 8. The van der Waals surface area contributed by atoms with Crippen molar-refractivity contribution in [2.24, 2.45) is 0 Å². The van der Waals surface area contributed by atoms with Crippen LogP contribution in [0.1, 0.15) is 10.4 Å². The van der Waals surface area contributed by atoms with E-state index in [4.69, 9.17) is 10.5 Å². The number of methoxy groups -OCH3 is 1. The molecule has 14 heteroatoms. The van der Waals surface area contributed by atoms with E-state index in [1.807, 2.05) is 0 Å². The normalized spacial score (nSPS) is 13.9. The minimum Gasteiger partial charge on any atom is -0.480 e. The van der Waals surface area contributed by atoms with Crippen molar-refractivity contribution < 1.29 is 31.5 Å². The molecule has 1 fully saturated rings. The van der Waals surface area contributed by atoms with Crippen LogP contribution in [-0.2, 0) is 14.8 Å². The summed E-state index contributed by atoms with van der Waals surface area (Å²) < 4.78 is 60.8. The molecular formula is C27H24F2N6O5S. The highest BCUT2D eigenvalue weighted by Crippen LogP contribution is 2.32. The van der Waals surface area contributed by atoms with E-state index >= 15 is 0 Å². The molecule has 0 atom stereocenters. The molecular weight excluding hydrogens is 558 g/mol. The number of nitrogens with one attached hydrogen (secondary N) is 1. The number of fused-ring (bicyclic) bond motifs is 1. The van der Waals surface area contributed by atoms with E-state index in [0.717, 1.165) is 12.1 Å². The number of rotatable bonds is 6. The number of benzene rings is 2. The number of nitrogens with two attached hydrogens (primary N) is 1. The molecule has 2 amide bonds. The van der Waals surface area contributed by atoms with Crippen LogP contribution >= 0.6 is 0 Å². The van der Waals surface area contributed by atoms with Gasteiger partial charge in [-0.15, -0.1) is 0 Å². The van der Waals surface area contributed by atoms with Crippen molar-refractivity contribution in [3.05, 3.63) is 71.9 Å². The van der Waals surface area contributed by atoms with Crippen LogP contribution in [0.25, 0.3) is 22.0 Å². The molecule has 1 aliphatic heterocycles. The van der Waals surface area contributed by atoms with Crippen molar-refractivity contribution in [2.75, 3.05) is 44.2 Å². The van der Waals surface area contributed by atoms with Gasteiger partial charge in [0.15, 0.2) is 0 Å². The fourth-order valence-corrected chi connectivity index (χ4v) is 5.49. The zero-order chi connectivity index (χ0) is 29.5. The Hall–Kier alpha value is -4.85. The molecule has 0 unspecified atom stereocenters. The first kappa shape index (κ1) is 27.7. The smallest absolute Gasteiger partial charge is 0.264 e. The number of ether oxygens (including phenoxy) is 1. The third-order valence-corrected chi connectivity index (χ3v) is 8.02. The Morgan fingerprint density at radius 3 is 2.56 bits per heavy atom. The Morgan fingerprint density at radius 2 is 1.85 bits per heavy atom. The zero-order valence-corrected chi connectivity index (χ0v) is 22.7. The molecule has 0 radical (unpaired) electrons. The first-order valence-corrected chi connectivity index (χ1v) is 13.7. The number of pyridine rings is 2. The lowest BCUT2D eigenvalue weighted by Gasteiger charge is -2.32. The highest BCUT2D eigenvalue weighted by molar-refractivity contribution is 7.92. The van der Waals surface area contributed by atoms with Gasteiger partial charge in [0.1, 0.15) is 34.6 Å². The Balaban J connectivity index is 1.49. The number of carbonyl (C=O) groups is 2. The molecule has 0 saturated carbocycles. The van der Waals surface area contributed by atoms with Crippen molar-refractivity contribution in [3.8, 4) is 17.0 Å². The van der Waals surface area contributed by atoms with Crippen molar-refractivity contribution in [3.63, 3.8) is 0 Å². The van der Waals surface area contributed by atoms with Crippen LogP contribution in [0, 0.1) is 11.6 Å². The molecule has 0 aliphatic carbocycles. The highest BCUT2D eigenvalue weighted by atomic mass is 32.2. The second-order valence-corrected chi connectivity index (χ2v) is 11.0. The molecule has 0 bridgehead atoms. The molecule has 212 valence electrons. The third kappa shape index (κ3) is 5.45. The molecule has 1 saturated heterocycles. The molecule has 3 N–H and O–H groups in total. The number of anilines is 2. The fraction of sp³-hybridized carbons (Fsp3) is 0.185. The summed E-state index contributed by atoms with van der Waals surface area (Å²) in [7, 11) is -1.51. The number of aromatic nitrogens is 2. The summed E-state index contributed by atoms with van der Waals surface area (Å²) in [6.45, 7) is 0.696. The van der Waals surface area contributed by atoms with Crippen LogP contribution in [0.4, 0.5) is 20.3 Å². The first-order valence-electron chi connectivity index (χ1n) is 12.2. The lowest BCUT2D eigenvalue weighted by molar-refractivity contribution is -0.133. The predicted octanol–water partition coefficient (Wildman–Crippen LogP) is 2.88. The Bertz CT molecular complexity index is 1820. The summed E-state index contributed by atoms with van der Waals surface area (Å²) in [4.78, 5) is 36.0. The maximum atomic E-state index is 14.2. The van der Waals surface area contributed by atoms with Crippen molar-refractivity contribution >= 4 is 44.2 Å². The van der Waals surface area contributed by atoms with Crippen LogP contribution in [0.15, 0.2) is 59.6 Å². The van der Waals surface area contributed by atoms with Crippen LogP contribution in [0.5, 0.6) is 5.88 Å². The highest BCUT2D eigenvalue weighted by Gasteiger charge is 2.27. The van der Waals surface area contributed by atoms with Gasteiger partial charge in [0.05, 0.1) is 18.2 Å². The molecule has 0 spiro atoms. The van der Waals surface area contributed by atoms with E-state index < -0.39 is 32.5 Å². The Labute approximate surface area is 233 Å². The number of piperazine rings is 1. The van der Waals surface area contributed by atoms with Crippen LogP contribution in [-0.4, -0.2) is 73.8 Å². The largest absolute Gasteiger partial charge is 0.480 e. The van der Waals surface area contributed by atoms with Crippen molar-refractivity contribution in [1.82, 2.24) is 19.8 Å². The standard InChI is InChI=1S/C27H24F2N6O5S/c1-34-7-8-35(14-24(34)36)27(37)19-10-16-9-15(3-5-21(16)32-25(19)30)17-11-22(26(40-2)31-13-17)33-41(38,39)23-6-4-18(28)12-20(23)29/h3-6,9-13,33H,7-8,14H2,1-2H3,(H2,30,32). The van der Waals surface area contributed by atoms with E-state index in [1.54, 1.807) is 36.2 Å². The molecule has 3 heterocycles. The van der Waals surface area contributed by atoms with Gasteiger partial charge in [0.25, 0.3) is 15.9 Å². The van der Waals surface area contributed by atoms with Crippen molar-refractivity contribution in [2.45, 2.75) is 4.90 Å². The van der Waals surface area contributed by atoms with E-state index in [2.05, 4.69) is 14.7 Å². The number of halogens is 2. The quantitative estimate of drug-likeness (QED) is 0.353. The maximum Gasteiger partial charge on any atom is 0.264 e. The van der Waals surface area contributed by atoms with E-state index in [1.165, 1.54) is 24.3 Å². The third-order valence-electron chi connectivity index (χ3n) is 6.62. The topological polar surface area (TPSA) is 148 Å². The summed E-state index contributed by atoms with van der Waals surface area (Å²) in [6, 6.07) is 10.2. The summed E-state index contributed by atoms with van der Waals surface area (Å²) >= 11 is 0. The lowest BCUT2D eigenvalue weighted by atomic mass is 10.0. The molecule has 4 aromatic rings. The SMILES string of the molecule is COc1ncc(-c2ccc3nc(N)c(C(=O)N4CCN(C)C(=O)C4)cc3c2)cc1NS(=O)(=O)c1ccc(F)cc1F. The van der Waals surface area contributed by atoms with Gasteiger partial charge < -0.3 is 20.3 Å². The van der Waals surface area contributed by atoms with Gasteiger partial charge in [-0.05, 0) is 42.0 Å². The number of sulfonamides is 1. The van der Waals surface area contributed by atoms with Gasteiger partial charge in [0, 0.05) is 43.4 Å². The minimum atomic E-state index is -4.47. The number of nitrogen functional groups attached to an aromatic ring is 1. The lowest BCUT2D eigenvalue weighted by Crippen LogP contribution is -2.50. The van der Waals surface area contributed by atoms with Crippen LogP contribution in [0.2, 0.25) is 0 Å². The van der Waals surface area contributed by atoms with Gasteiger partial charge in [-0.1, -0.05) is 6.07 Å². The molecule has 11 nitrogen and oxygen atoms in total. The minimum absolute atomic E-state index is 0.0254. The molecule has 2 aromatic heterocycles. The second kappa shape index (κ2) is 10.6. The summed E-state index contributed by atoms with van der Waals surface area (Å²) in [5, 5.41) is 0.562. The summed E-state index contributed by atoms with van der Waals surface area (Å²) in [5.41, 5.74) is 7.70. The Morgan fingerprint density at radius 1 is 1.07 bits per heavy atom. The predicted molar refractivity (Wildman–Crippen MR) is 147 cm³/mol. The number of carbonyl (C=O) groups excluding carboxylic acids is 2. The van der Waals surface area contributed by atoms with Gasteiger partial charge in [-0.25, -0.2) is 27.2 Å². The molecule has 1 aliphatic rings. The monoisotopic (exact) mass is 582 g/mol. The van der Waals surface area contributed by atoms with Crippen LogP contribution < -0.4 is 15.2 Å². The zero-order valence-electron chi connectivity index (χ0n) is 21.9. The fourth-order valence-electron chi connectivity index (χ4n) is 4.38. The number of nitrogens with zero attached hydrogens (tertiary/aromatic N) is 4. The van der Waals surface area contributed by atoms with E-state index in [-0.39, 0.29) is 35.4 Å². The van der Waals surface area contributed by atoms with Crippen LogP contribution in [0.3, 0.4) is 0 Å². The Kier molecular flexibility index (Phi) is 7.17. The maximum absolute atomic E-state index is 14.2. The summed E-state index contributed by atoms with van der Waals surface area (Å²) in [6.07, 6.45) is 1.45. The first-order chi connectivity index (χ1) is 19.5. The molecule has 5 rings (SSSR count). The van der Waals surface area contributed by atoms with Gasteiger partial charge >= 0.3 is 0 Å².